The number of aliphatic carboxylic acids is 1. The van der Waals surface area contributed by atoms with Crippen LogP contribution in [0.1, 0.15) is 39.5 Å². The topological polar surface area (TPSA) is 69.6 Å². The first kappa shape index (κ1) is 21.9. The first-order chi connectivity index (χ1) is 12.6. The number of halogens is 3. The van der Waals surface area contributed by atoms with Gasteiger partial charge in [-0.15, -0.1) is 10.2 Å². The Morgan fingerprint density at radius 2 is 2.04 bits per heavy atom. The summed E-state index contributed by atoms with van der Waals surface area (Å²) in [6.07, 6.45) is 0.300. The van der Waals surface area contributed by atoms with E-state index in [9.17, 15) is 13.2 Å². The molecule has 0 bridgehead atoms. The number of likely N-dealkylation sites (tertiary alicyclic amines) is 1. The van der Waals surface area contributed by atoms with Crippen LogP contribution in [0, 0.1) is 11.3 Å². The molecule has 0 saturated carbocycles. The van der Waals surface area contributed by atoms with Crippen LogP contribution in [0.3, 0.4) is 0 Å². The lowest BCUT2D eigenvalue weighted by Crippen LogP contribution is -2.45. The van der Waals surface area contributed by atoms with E-state index >= 15 is 0 Å². The second kappa shape index (κ2) is 9.18. The number of alkyl halides is 3. The Kier molecular flexibility index (Phi) is 7.44. The summed E-state index contributed by atoms with van der Waals surface area (Å²) < 4.78 is 31.7. The summed E-state index contributed by atoms with van der Waals surface area (Å²) in [5.41, 5.74) is 2.36. The molecule has 1 atom stereocenters. The summed E-state index contributed by atoms with van der Waals surface area (Å²) in [6, 6.07) is 0. The lowest BCUT2D eigenvalue weighted by Gasteiger charge is -2.40. The van der Waals surface area contributed by atoms with Crippen LogP contribution in [0.5, 0.6) is 0 Å². The van der Waals surface area contributed by atoms with E-state index in [4.69, 9.17) is 9.90 Å². The maximum Gasteiger partial charge on any atom is 0.490 e. The van der Waals surface area contributed by atoms with Crippen molar-refractivity contribution in [2.24, 2.45) is 11.3 Å². The van der Waals surface area contributed by atoms with Gasteiger partial charge in [0.05, 0.1) is 0 Å². The monoisotopic (exact) mass is 408 g/mol. The summed E-state index contributed by atoms with van der Waals surface area (Å²) in [5, 5.41) is 16.5. The zero-order valence-electron chi connectivity index (χ0n) is 15.7. The minimum absolute atomic E-state index is 0.515. The van der Waals surface area contributed by atoms with Gasteiger partial charge in [0.2, 0.25) is 5.13 Å². The van der Waals surface area contributed by atoms with E-state index in [0.29, 0.717) is 5.41 Å². The highest BCUT2D eigenvalue weighted by atomic mass is 32.1. The number of carboxylic acids is 1. The van der Waals surface area contributed by atoms with Crippen molar-refractivity contribution in [1.82, 2.24) is 15.1 Å². The fraction of sp³-hybridized carbons (Fsp3) is 0.824. The highest BCUT2D eigenvalue weighted by Crippen LogP contribution is 2.40. The number of hydrogen-bond acceptors (Lipinski definition) is 6. The summed E-state index contributed by atoms with van der Waals surface area (Å²) in [5.74, 6) is -1.94. The summed E-state index contributed by atoms with van der Waals surface area (Å²) >= 11 is 1.68. The van der Waals surface area contributed by atoms with E-state index in [2.05, 4.69) is 33.8 Å². The number of aromatic nitrogens is 2. The van der Waals surface area contributed by atoms with Crippen molar-refractivity contribution in [3.63, 3.8) is 0 Å². The van der Waals surface area contributed by atoms with Gasteiger partial charge >= 0.3 is 12.1 Å². The van der Waals surface area contributed by atoms with Gasteiger partial charge < -0.3 is 14.9 Å². The van der Waals surface area contributed by atoms with Gasteiger partial charge in [-0.3, -0.25) is 0 Å². The highest BCUT2D eigenvalue weighted by molar-refractivity contribution is 7.13. The van der Waals surface area contributed by atoms with Crippen LogP contribution >= 0.6 is 11.3 Å². The molecule has 10 heteroatoms. The number of carbonyl (C=O) groups is 1. The third-order valence-corrected chi connectivity index (χ3v) is 5.81. The molecule has 0 radical (unpaired) electrons. The Balaban J connectivity index is 0.000000321. The van der Waals surface area contributed by atoms with Crippen LogP contribution in [-0.2, 0) is 4.79 Å². The van der Waals surface area contributed by atoms with Crippen molar-refractivity contribution in [2.75, 3.05) is 37.6 Å². The molecule has 2 fully saturated rings. The largest absolute Gasteiger partial charge is 0.490 e. The molecule has 3 rings (SSSR count). The molecule has 2 saturated heterocycles. The Bertz CT molecular complexity index is 597. The zero-order chi connectivity index (χ0) is 20.1. The van der Waals surface area contributed by atoms with Crippen LogP contribution in [0.4, 0.5) is 18.3 Å². The van der Waals surface area contributed by atoms with E-state index in [1.807, 2.05) is 5.51 Å². The van der Waals surface area contributed by atoms with Crippen LogP contribution in [0.25, 0.3) is 0 Å². The lowest BCUT2D eigenvalue weighted by molar-refractivity contribution is -0.192. The molecule has 0 amide bonds. The third-order valence-electron chi connectivity index (χ3n) is 5.06. The van der Waals surface area contributed by atoms with Crippen LogP contribution < -0.4 is 4.90 Å². The molecular formula is C17H27F3N4O2S. The summed E-state index contributed by atoms with van der Waals surface area (Å²) in [4.78, 5) is 14.0. The maximum atomic E-state index is 10.6. The number of carboxylic acid groups (broad SMARTS) is 1. The molecule has 1 aromatic heterocycles. The minimum atomic E-state index is -5.08. The Morgan fingerprint density at radius 1 is 1.33 bits per heavy atom. The molecule has 0 aliphatic carbocycles. The number of rotatable bonds is 4. The molecule has 1 unspecified atom stereocenters. The van der Waals surface area contributed by atoms with Gasteiger partial charge in [-0.05, 0) is 44.7 Å². The van der Waals surface area contributed by atoms with Crippen molar-refractivity contribution >= 4 is 22.4 Å². The lowest BCUT2D eigenvalue weighted by atomic mass is 9.79. The maximum absolute atomic E-state index is 10.6. The van der Waals surface area contributed by atoms with Crippen molar-refractivity contribution < 1.29 is 23.1 Å². The van der Waals surface area contributed by atoms with Crippen molar-refractivity contribution in [3.05, 3.63) is 5.51 Å². The fourth-order valence-electron chi connectivity index (χ4n) is 3.67. The molecule has 3 heterocycles. The third kappa shape index (κ3) is 6.60. The molecular weight excluding hydrogens is 381 g/mol. The number of nitrogens with zero attached hydrogens (tertiary/aromatic N) is 4. The minimum Gasteiger partial charge on any atom is -0.475 e. The van der Waals surface area contributed by atoms with Gasteiger partial charge in [0.25, 0.3) is 0 Å². The Labute approximate surface area is 161 Å². The molecule has 6 nitrogen and oxygen atoms in total. The van der Waals surface area contributed by atoms with E-state index in [1.165, 1.54) is 51.9 Å². The number of hydrogen-bond donors (Lipinski definition) is 1. The zero-order valence-corrected chi connectivity index (χ0v) is 16.5. The molecule has 1 spiro atoms. The van der Waals surface area contributed by atoms with Gasteiger partial charge in [-0.2, -0.15) is 13.2 Å². The van der Waals surface area contributed by atoms with E-state index in [0.717, 1.165) is 17.6 Å². The van der Waals surface area contributed by atoms with Gasteiger partial charge in [0.1, 0.15) is 5.51 Å². The highest BCUT2D eigenvalue weighted by Gasteiger charge is 2.41. The van der Waals surface area contributed by atoms with Crippen molar-refractivity contribution in [3.8, 4) is 0 Å². The van der Waals surface area contributed by atoms with Crippen molar-refractivity contribution in [2.45, 2.75) is 45.7 Å². The molecule has 0 aromatic carbocycles. The van der Waals surface area contributed by atoms with E-state index in [-0.39, 0.29) is 0 Å². The van der Waals surface area contributed by atoms with Gasteiger partial charge in [-0.25, -0.2) is 4.79 Å². The normalized spacial score (nSPS) is 23.6. The number of piperidine rings is 1. The summed E-state index contributed by atoms with van der Waals surface area (Å²) in [6.45, 7) is 10.8. The molecule has 154 valence electrons. The first-order valence-electron chi connectivity index (χ1n) is 9.15. The van der Waals surface area contributed by atoms with Crippen LogP contribution in [-0.4, -0.2) is 65.1 Å². The smallest absolute Gasteiger partial charge is 0.475 e. The number of anilines is 1. The second-order valence-corrected chi connectivity index (χ2v) is 8.57. The second-order valence-electron chi connectivity index (χ2n) is 7.76. The fourth-order valence-corrected chi connectivity index (χ4v) is 4.26. The molecule has 2 aliphatic heterocycles. The molecule has 1 N–H and O–H groups in total. The molecule has 2 aliphatic rings. The quantitative estimate of drug-likeness (QED) is 0.822. The van der Waals surface area contributed by atoms with Crippen molar-refractivity contribution in [1.29, 1.82) is 0 Å². The van der Waals surface area contributed by atoms with Crippen LogP contribution in [0.2, 0.25) is 0 Å². The molecule has 1 aromatic rings. The Hall–Kier alpha value is -1.42. The predicted molar refractivity (Wildman–Crippen MR) is 98.0 cm³/mol. The average Bonchev–Trinajstić information content (AvgIpc) is 3.23. The summed E-state index contributed by atoms with van der Waals surface area (Å²) in [7, 11) is 0. The van der Waals surface area contributed by atoms with Gasteiger partial charge in [0.15, 0.2) is 0 Å². The van der Waals surface area contributed by atoms with E-state index in [1.54, 1.807) is 11.3 Å². The predicted octanol–water partition coefficient (Wildman–Crippen LogP) is 3.51. The first-order valence-corrected chi connectivity index (χ1v) is 10.0. The van der Waals surface area contributed by atoms with Gasteiger partial charge in [-0.1, -0.05) is 25.2 Å². The van der Waals surface area contributed by atoms with Crippen LogP contribution in [0.15, 0.2) is 5.51 Å². The Morgan fingerprint density at radius 3 is 2.59 bits per heavy atom. The standard InChI is InChI=1S/C15H26N4S.C2HF3O2/c1-13(2)4-8-18-9-6-15(10-18)5-3-7-19(11-15)14-17-16-12-20-14;3-2(4,5)1(6)7/h12-13H,3-11H2,1-2H3;(H,6,7). The SMILES string of the molecule is CC(C)CCN1CCC2(CCCN(c3nncs3)C2)C1.O=C(O)C(F)(F)F. The van der Waals surface area contributed by atoms with Gasteiger partial charge in [0, 0.05) is 25.0 Å². The molecule has 27 heavy (non-hydrogen) atoms. The average molecular weight is 408 g/mol. The van der Waals surface area contributed by atoms with E-state index < -0.39 is 12.1 Å².